The maximum atomic E-state index is 2.33. The Morgan fingerprint density at radius 1 is 0.640 bits per heavy atom. The summed E-state index contributed by atoms with van der Waals surface area (Å²) in [6.07, 6.45) is 0. The molecule has 3 aromatic carbocycles. The Bertz CT molecular complexity index is 677. The van der Waals surface area contributed by atoms with Crippen LogP contribution in [0.4, 0.5) is 0 Å². The molecule has 0 atom stereocenters. The van der Waals surface area contributed by atoms with Crippen molar-refractivity contribution in [1.82, 2.24) is 0 Å². The van der Waals surface area contributed by atoms with Crippen LogP contribution < -0.4 is 37.2 Å². The molecule has 3 aromatic rings. The van der Waals surface area contributed by atoms with Crippen molar-refractivity contribution in [2.75, 3.05) is 0 Å². The standard InChI is InChI=1S/C21H21.3ClH.Ti/c1-16-14-20(15-17(16)2)21(3,18-10-6-4-7-11-18)19-12-8-5-9-13-19;;;;/h4-15H,1-3H3;3*1H;/q-1;;;;+4/p-3. The van der Waals surface area contributed by atoms with Gasteiger partial charge in [-0.25, -0.2) is 0 Å². The number of hydrogen-bond donors (Lipinski definition) is 0. The molecule has 0 radical (unpaired) electrons. The molecule has 3 rings (SSSR count). The summed E-state index contributed by atoms with van der Waals surface area (Å²) < 4.78 is 0. The summed E-state index contributed by atoms with van der Waals surface area (Å²) in [5.74, 6) is 0. The largest absolute Gasteiger partial charge is 4.00 e. The van der Waals surface area contributed by atoms with E-state index in [9.17, 15) is 0 Å². The number of rotatable bonds is 3. The topological polar surface area (TPSA) is 0 Å². The Morgan fingerprint density at radius 2 is 0.960 bits per heavy atom. The second-order valence-electron chi connectivity index (χ2n) is 5.97. The Labute approximate surface area is 184 Å². The second-order valence-corrected chi connectivity index (χ2v) is 5.97. The van der Waals surface area contributed by atoms with Crippen molar-refractivity contribution in [3.05, 3.63) is 101 Å². The van der Waals surface area contributed by atoms with Gasteiger partial charge in [-0.05, 0) is 16.5 Å². The fourth-order valence-corrected chi connectivity index (χ4v) is 3.07. The van der Waals surface area contributed by atoms with Gasteiger partial charge in [-0.3, -0.25) is 0 Å². The molecule has 0 aromatic heterocycles. The van der Waals surface area contributed by atoms with Crippen LogP contribution in [0.5, 0.6) is 0 Å². The van der Waals surface area contributed by atoms with E-state index in [0.29, 0.717) is 0 Å². The first-order valence-corrected chi connectivity index (χ1v) is 7.48. The first-order chi connectivity index (χ1) is 10.1. The molecule has 0 aliphatic heterocycles. The van der Waals surface area contributed by atoms with Crippen LogP contribution in [0.25, 0.3) is 0 Å². The zero-order chi connectivity index (χ0) is 14.9. The predicted octanol–water partition coefficient (Wildman–Crippen LogP) is -3.61. The zero-order valence-electron chi connectivity index (χ0n) is 14.6. The van der Waals surface area contributed by atoms with Crippen molar-refractivity contribution in [3.63, 3.8) is 0 Å². The molecule has 0 saturated heterocycles. The molecule has 0 unspecified atom stereocenters. The first-order valence-electron chi connectivity index (χ1n) is 7.48. The van der Waals surface area contributed by atoms with Crippen LogP contribution in [-0.2, 0) is 27.1 Å². The van der Waals surface area contributed by atoms with E-state index >= 15 is 0 Å². The van der Waals surface area contributed by atoms with Gasteiger partial charge in [-0.15, -0.1) is 5.56 Å². The molecule has 25 heavy (non-hydrogen) atoms. The molecular formula is C21H21Cl3Ti. The maximum Gasteiger partial charge on any atom is 4.00 e. The monoisotopic (exact) mass is 426 g/mol. The van der Waals surface area contributed by atoms with Crippen LogP contribution in [0.2, 0.25) is 0 Å². The molecule has 0 nitrogen and oxygen atoms in total. The van der Waals surface area contributed by atoms with Crippen LogP contribution in [0.3, 0.4) is 0 Å². The number of benzene rings is 2. The van der Waals surface area contributed by atoms with Crippen LogP contribution in [0, 0.1) is 13.8 Å². The summed E-state index contributed by atoms with van der Waals surface area (Å²) in [5.41, 5.74) is 6.66. The van der Waals surface area contributed by atoms with Crippen molar-refractivity contribution in [2.45, 2.75) is 26.2 Å². The van der Waals surface area contributed by atoms with Gasteiger partial charge in [0.15, 0.2) is 0 Å². The predicted molar refractivity (Wildman–Crippen MR) is 89.9 cm³/mol. The summed E-state index contributed by atoms with van der Waals surface area (Å²) in [6, 6.07) is 26.2. The van der Waals surface area contributed by atoms with Crippen molar-refractivity contribution < 1.29 is 58.9 Å². The van der Waals surface area contributed by atoms with Gasteiger partial charge < -0.3 is 37.2 Å². The Kier molecular flexibility index (Phi) is 11.9. The van der Waals surface area contributed by atoms with Crippen LogP contribution in [0.15, 0.2) is 72.8 Å². The minimum Gasteiger partial charge on any atom is -1.00 e. The molecule has 4 heteroatoms. The molecule has 0 aliphatic rings. The van der Waals surface area contributed by atoms with Gasteiger partial charge in [-0.2, -0.15) is 23.3 Å². The third-order valence-electron chi connectivity index (χ3n) is 4.65. The Balaban J connectivity index is 0. The number of aryl methyl sites for hydroxylation is 2. The van der Waals surface area contributed by atoms with E-state index < -0.39 is 0 Å². The van der Waals surface area contributed by atoms with Gasteiger partial charge in [0.2, 0.25) is 0 Å². The summed E-state index contributed by atoms with van der Waals surface area (Å²) in [4.78, 5) is 0. The average molecular weight is 428 g/mol. The smallest absolute Gasteiger partial charge is 1.00 e. The minimum atomic E-state index is -0.110. The SMILES string of the molecule is Cc1c[c-](C(C)(c2ccccc2)c2ccccc2)cc1C.[Cl-].[Cl-].[Cl-].[Ti+4]. The summed E-state index contributed by atoms with van der Waals surface area (Å²) >= 11 is 0. The van der Waals surface area contributed by atoms with E-state index in [1.807, 2.05) is 0 Å². The molecular weight excluding hydrogens is 406 g/mol. The first kappa shape index (κ1) is 26.6. The quantitative estimate of drug-likeness (QED) is 0.299. The summed E-state index contributed by atoms with van der Waals surface area (Å²) in [6.45, 7) is 6.70. The van der Waals surface area contributed by atoms with Crippen molar-refractivity contribution in [1.29, 1.82) is 0 Å². The van der Waals surface area contributed by atoms with Crippen LogP contribution in [0.1, 0.15) is 34.7 Å². The normalized spacial score (nSPS) is 9.72. The van der Waals surface area contributed by atoms with Gasteiger partial charge in [0.25, 0.3) is 0 Å². The van der Waals surface area contributed by atoms with E-state index in [2.05, 4.69) is 93.6 Å². The summed E-state index contributed by atoms with van der Waals surface area (Å²) in [7, 11) is 0. The van der Waals surface area contributed by atoms with E-state index in [0.717, 1.165) is 0 Å². The van der Waals surface area contributed by atoms with Gasteiger partial charge >= 0.3 is 21.7 Å². The van der Waals surface area contributed by atoms with Gasteiger partial charge in [0, 0.05) is 0 Å². The second kappa shape index (κ2) is 11.2. The van der Waals surface area contributed by atoms with E-state index in [4.69, 9.17) is 0 Å². The molecule has 0 spiro atoms. The van der Waals surface area contributed by atoms with E-state index in [1.54, 1.807) is 0 Å². The van der Waals surface area contributed by atoms with E-state index in [-0.39, 0.29) is 64.4 Å². The van der Waals surface area contributed by atoms with Crippen molar-refractivity contribution >= 4 is 0 Å². The summed E-state index contributed by atoms with van der Waals surface area (Å²) in [5, 5.41) is 0. The van der Waals surface area contributed by atoms with Gasteiger partial charge in [0.05, 0.1) is 0 Å². The minimum absolute atomic E-state index is 0. The van der Waals surface area contributed by atoms with Crippen LogP contribution >= 0.6 is 0 Å². The molecule has 130 valence electrons. The number of halogens is 3. The Hall–Kier alpha value is -0.626. The van der Waals surface area contributed by atoms with Gasteiger partial charge in [0.1, 0.15) is 0 Å². The van der Waals surface area contributed by atoms with Gasteiger partial charge in [-0.1, -0.05) is 81.4 Å². The third-order valence-corrected chi connectivity index (χ3v) is 4.65. The molecule has 0 bridgehead atoms. The average Bonchev–Trinajstić information content (AvgIpc) is 2.88. The molecule has 0 fully saturated rings. The molecule has 0 aliphatic carbocycles. The van der Waals surface area contributed by atoms with Crippen molar-refractivity contribution in [3.8, 4) is 0 Å². The number of hydrogen-bond acceptors (Lipinski definition) is 0. The fourth-order valence-electron chi connectivity index (χ4n) is 3.07. The zero-order valence-corrected chi connectivity index (χ0v) is 18.4. The molecule has 0 heterocycles. The van der Waals surface area contributed by atoms with Crippen molar-refractivity contribution in [2.24, 2.45) is 0 Å². The molecule has 0 amide bonds. The molecule has 0 saturated carbocycles. The Morgan fingerprint density at radius 3 is 1.28 bits per heavy atom. The molecule has 0 N–H and O–H groups in total. The van der Waals surface area contributed by atoms with Crippen LogP contribution in [-0.4, -0.2) is 0 Å². The van der Waals surface area contributed by atoms with E-state index in [1.165, 1.54) is 27.8 Å². The maximum absolute atomic E-state index is 2.33. The fraction of sp³-hybridized carbons (Fsp3) is 0.190. The third kappa shape index (κ3) is 5.19.